The molecular weight excluding hydrogens is 454 g/mol. The van der Waals surface area contributed by atoms with Gasteiger partial charge in [-0.15, -0.1) is 0 Å². The normalized spacial score (nSPS) is 11.8. The van der Waals surface area contributed by atoms with Gasteiger partial charge >= 0.3 is 6.18 Å². The zero-order valence-corrected chi connectivity index (χ0v) is 17.9. The molecule has 0 radical (unpaired) electrons. The van der Waals surface area contributed by atoms with Crippen molar-refractivity contribution in [2.75, 3.05) is 14.2 Å². The van der Waals surface area contributed by atoms with Gasteiger partial charge in [-0.3, -0.25) is 4.79 Å². The van der Waals surface area contributed by atoms with Gasteiger partial charge in [0.15, 0.2) is 17.3 Å². The number of nitrogens with zero attached hydrogens (tertiary/aromatic N) is 3. The molecule has 174 valence electrons. The standard InChI is InChI=1S/C24H17F4N3O3/c1-33-20-10-7-14(12-21(20)34-2)22-30-19-6-4-3-5-17(19)23(32)31(22)29-13-15-11-16(24(26,27)28)8-9-18(15)25/h3-13H,1-2H3. The van der Waals surface area contributed by atoms with Crippen molar-refractivity contribution in [2.24, 2.45) is 5.10 Å². The summed E-state index contributed by atoms with van der Waals surface area (Å²) in [6, 6.07) is 13.3. The third-order valence-electron chi connectivity index (χ3n) is 5.03. The van der Waals surface area contributed by atoms with Crippen LogP contribution in [0.25, 0.3) is 22.3 Å². The Morgan fingerprint density at radius 1 is 0.971 bits per heavy atom. The number of hydrogen-bond acceptors (Lipinski definition) is 5. The first-order valence-electron chi connectivity index (χ1n) is 9.88. The van der Waals surface area contributed by atoms with Gasteiger partial charge in [0.2, 0.25) is 0 Å². The number of methoxy groups -OCH3 is 2. The van der Waals surface area contributed by atoms with E-state index >= 15 is 0 Å². The van der Waals surface area contributed by atoms with Crippen LogP contribution in [0.5, 0.6) is 11.5 Å². The zero-order chi connectivity index (χ0) is 24.5. The summed E-state index contributed by atoms with van der Waals surface area (Å²) in [5, 5.41) is 4.25. The van der Waals surface area contributed by atoms with Crippen molar-refractivity contribution >= 4 is 17.1 Å². The molecule has 1 aromatic heterocycles. The van der Waals surface area contributed by atoms with Crippen molar-refractivity contribution in [3.05, 3.63) is 88.0 Å². The van der Waals surface area contributed by atoms with Crippen molar-refractivity contribution in [1.82, 2.24) is 9.66 Å². The molecule has 0 aliphatic heterocycles. The van der Waals surface area contributed by atoms with Gasteiger partial charge in [0.1, 0.15) is 5.82 Å². The number of alkyl halides is 3. The van der Waals surface area contributed by atoms with Crippen LogP contribution in [0, 0.1) is 5.82 Å². The van der Waals surface area contributed by atoms with Crippen LogP contribution in [0.1, 0.15) is 11.1 Å². The monoisotopic (exact) mass is 471 g/mol. The second-order valence-electron chi connectivity index (χ2n) is 7.12. The van der Waals surface area contributed by atoms with E-state index in [4.69, 9.17) is 9.47 Å². The first kappa shape index (κ1) is 23.0. The largest absolute Gasteiger partial charge is 0.493 e. The molecule has 4 aromatic rings. The second-order valence-corrected chi connectivity index (χ2v) is 7.12. The lowest BCUT2D eigenvalue weighted by molar-refractivity contribution is -0.137. The number of hydrogen-bond donors (Lipinski definition) is 0. The van der Waals surface area contributed by atoms with E-state index in [-0.39, 0.29) is 11.2 Å². The Balaban J connectivity index is 1.93. The predicted molar refractivity (Wildman–Crippen MR) is 119 cm³/mol. The molecule has 0 bridgehead atoms. The summed E-state index contributed by atoms with van der Waals surface area (Å²) in [6.07, 6.45) is -3.81. The summed E-state index contributed by atoms with van der Waals surface area (Å²) < 4.78 is 64.9. The summed E-state index contributed by atoms with van der Waals surface area (Å²) in [5.74, 6) is -0.0446. The molecule has 0 atom stereocenters. The third kappa shape index (κ3) is 4.34. The number of rotatable bonds is 5. The number of ether oxygens (including phenoxy) is 2. The number of halogens is 4. The van der Waals surface area contributed by atoms with Gasteiger partial charge in [0.05, 0.1) is 36.9 Å². The summed E-state index contributed by atoms with van der Waals surface area (Å²) in [4.78, 5) is 17.7. The van der Waals surface area contributed by atoms with Crippen LogP contribution >= 0.6 is 0 Å². The fourth-order valence-corrected chi connectivity index (χ4v) is 3.33. The van der Waals surface area contributed by atoms with E-state index in [0.717, 1.165) is 10.9 Å². The molecule has 0 amide bonds. The smallest absolute Gasteiger partial charge is 0.416 e. The molecule has 3 aromatic carbocycles. The van der Waals surface area contributed by atoms with Crippen molar-refractivity contribution in [2.45, 2.75) is 6.18 Å². The van der Waals surface area contributed by atoms with Crippen LogP contribution in [0.2, 0.25) is 0 Å². The Labute approximate surface area is 190 Å². The van der Waals surface area contributed by atoms with Crippen molar-refractivity contribution in [1.29, 1.82) is 0 Å². The van der Waals surface area contributed by atoms with E-state index in [1.807, 2.05) is 0 Å². The summed E-state index contributed by atoms with van der Waals surface area (Å²) >= 11 is 0. The summed E-state index contributed by atoms with van der Waals surface area (Å²) in [6.45, 7) is 0. The Morgan fingerprint density at radius 3 is 2.41 bits per heavy atom. The third-order valence-corrected chi connectivity index (χ3v) is 5.03. The quantitative estimate of drug-likeness (QED) is 0.299. The maximum atomic E-state index is 14.2. The minimum Gasteiger partial charge on any atom is -0.493 e. The van der Waals surface area contributed by atoms with Gasteiger partial charge in [-0.05, 0) is 48.5 Å². The Hall–Kier alpha value is -4.21. The molecule has 0 N–H and O–H groups in total. The van der Waals surface area contributed by atoms with E-state index in [0.29, 0.717) is 40.8 Å². The molecule has 0 saturated carbocycles. The molecule has 4 rings (SSSR count). The molecule has 0 spiro atoms. The van der Waals surface area contributed by atoms with Gasteiger partial charge in [-0.2, -0.15) is 22.9 Å². The Bertz CT molecular complexity index is 1460. The lowest BCUT2D eigenvalue weighted by Crippen LogP contribution is -2.20. The summed E-state index contributed by atoms with van der Waals surface area (Å²) in [7, 11) is 2.91. The van der Waals surface area contributed by atoms with E-state index in [1.54, 1.807) is 42.5 Å². The molecule has 0 unspecified atom stereocenters. The van der Waals surface area contributed by atoms with Gasteiger partial charge in [0.25, 0.3) is 5.56 Å². The predicted octanol–water partition coefficient (Wildman–Crippen LogP) is 5.12. The lowest BCUT2D eigenvalue weighted by Gasteiger charge is -2.12. The van der Waals surface area contributed by atoms with Crippen LogP contribution in [-0.4, -0.2) is 30.1 Å². The minimum absolute atomic E-state index is 0.0771. The lowest BCUT2D eigenvalue weighted by atomic mass is 10.1. The van der Waals surface area contributed by atoms with Crippen molar-refractivity contribution < 1.29 is 27.0 Å². The highest BCUT2D eigenvalue weighted by atomic mass is 19.4. The van der Waals surface area contributed by atoms with Crippen LogP contribution in [-0.2, 0) is 6.18 Å². The average molecular weight is 471 g/mol. The number of benzene rings is 3. The highest BCUT2D eigenvalue weighted by Gasteiger charge is 2.31. The maximum absolute atomic E-state index is 14.2. The molecule has 1 heterocycles. The van der Waals surface area contributed by atoms with Crippen LogP contribution in [0.3, 0.4) is 0 Å². The maximum Gasteiger partial charge on any atom is 0.416 e. The first-order valence-corrected chi connectivity index (χ1v) is 9.88. The van der Waals surface area contributed by atoms with Gasteiger partial charge in [0, 0.05) is 11.1 Å². The highest BCUT2D eigenvalue weighted by molar-refractivity contribution is 5.82. The number of aromatic nitrogens is 2. The zero-order valence-electron chi connectivity index (χ0n) is 17.9. The topological polar surface area (TPSA) is 65.7 Å². The van der Waals surface area contributed by atoms with Gasteiger partial charge < -0.3 is 9.47 Å². The van der Waals surface area contributed by atoms with E-state index < -0.39 is 28.7 Å². The molecule has 0 saturated heterocycles. The van der Waals surface area contributed by atoms with Crippen LogP contribution < -0.4 is 15.0 Å². The van der Waals surface area contributed by atoms with Crippen LogP contribution in [0.4, 0.5) is 17.6 Å². The van der Waals surface area contributed by atoms with Crippen molar-refractivity contribution in [3.8, 4) is 22.9 Å². The molecule has 10 heteroatoms. The molecule has 34 heavy (non-hydrogen) atoms. The van der Waals surface area contributed by atoms with E-state index in [2.05, 4.69) is 10.1 Å². The van der Waals surface area contributed by atoms with Gasteiger partial charge in [-0.25, -0.2) is 9.37 Å². The van der Waals surface area contributed by atoms with E-state index in [1.165, 1.54) is 14.2 Å². The first-order chi connectivity index (χ1) is 16.2. The Morgan fingerprint density at radius 2 is 1.71 bits per heavy atom. The second kappa shape index (κ2) is 8.97. The minimum atomic E-state index is -4.66. The van der Waals surface area contributed by atoms with E-state index in [9.17, 15) is 22.4 Å². The molecule has 0 fully saturated rings. The highest BCUT2D eigenvalue weighted by Crippen LogP contribution is 2.32. The average Bonchev–Trinajstić information content (AvgIpc) is 2.83. The number of para-hydroxylation sites is 1. The summed E-state index contributed by atoms with van der Waals surface area (Å²) in [5.41, 5.74) is -1.26. The molecular formula is C24H17F4N3O3. The van der Waals surface area contributed by atoms with Crippen LogP contribution in [0.15, 0.2) is 70.6 Å². The number of fused-ring (bicyclic) bond motifs is 1. The van der Waals surface area contributed by atoms with Gasteiger partial charge in [-0.1, -0.05) is 12.1 Å². The molecule has 6 nitrogen and oxygen atoms in total. The van der Waals surface area contributed by atoms with Crippen molar-refractivity contribution in [3.63, 3.8) is 0 Å². The SMILES string of the molecule is COc1ccc(-c2nc3ccccc3c(=O)n2N=Cc2cc(C(F)(F)F)ccc2F)cc1OC. The fraction of sp³-hybridized carbons (Fsp3) is 0.125. The Kier molecular flexibility index (Phi) is 6.06. The molecule has 0 aliphatic carbocycles. The fourth-order valence-electron chi connectivity index (χ4n) is 3.33. The molecule has 0 aliphatic rings.